The molecule has 96 valence electrons. The third-order valence-electron chi connectivity index (χ3n) is 2.41. The quantitative estimate of drug-likeness (QED) is 0.844. The van der Waals surface area contributed by atoms with E-state index in [1.165, 1.54) is 0 Å². The van der Waals surface area contributed by atoms with Crippen molar-refractivity contribution in [1.82, 2.24) is 24.9 Å². The molecule has 0 saturated heterocycles. The first-order valence-electron chi connectivity index (χ1n) is 5.61. The molecule has 2 rings (SSSR count). The minimum atomic E-state index is -0.164. The predicted octanol–water partition coefficient (Wildman–Crippen LogP) is 1.20. The molecule has 0 atom stereocenters. The van der Waals surface area contributed by atoms with Crippen molar-refractivity contribution in [3.63, 3.8) is 0 Å². The van der Waals surface area contributed by atoms with Gasteiger partial charge in [-0.25, -0.2) is 0 Å². The Hall–Kier alpha value is -1.63. The molecule has 0 aliphatic rings. The van der Waals surface area contributed by atoms with Crippen LogP contribution in [0.1, 0.15) is 16.9 Å². The molecule has 18 heavy (non-hydrogen) atoms. The summed E-state index contributed by atoms with van der Waals surface area (Å²) in [5.41, 5.74) is 0.414. The maximum absolute atomic E-state index is 11.8. The van der Waals surface area contributed by atoms with Crippen molar-refractivity contribution in [3.8, 4) is 0 Å². The van der Waals surface area contributed by atoms with Crippen LogP contribution in [0.15, 0.2) is 29.1 Å². The van der Waals surface area contributed by atoms with Crippen molar-refractivity contribution in [3.05, 3.63) is 34.8 Å². The van der Waals surface area contributed by atoms with E-state index >= 15 is 0 Å². The lowest BCUT2D eigenvalue weighted by Crippen LogP contribution is -2.26. The van der Waals surface area contributed by atoms with Crippen molar-refractivity contribution in [1.29, 1.82) is 0 Å². The summed E-state index contributed by atoms with van der Waals surface area (Å²) in [6.45, 7) is 1.39. The Morgan fingerprint density at radius 3 is 3.00 bits per heavy atom. The molecule has 0 spiro atoms. The van der Waals surface area contributed by atoms with Gasteiger partial charge in [-0.3, -0.25) is 14.2 Å². The van der Waals surface area contributed by atoms with Crippen LogP contribution in [0.4, 0.5) is 0 Å². The summed E-state index contributed by atoms with van der Waals surface area (Å²) in [6.07, 6.45) is 6.22. The Morgan fingerprint density at radius 2 is 2.39 bits per heavy atom. The van der Waals surface area contributed by atoms with Crippen LogP contribution in [0.2, 0.25) is 0 Å². The number of rotatable bonds is 5. The third-order valence-corrected chi connectivity index (χ3v) is 2.99. The maximum atomic E-state index is 11.8. The van der Waals surface area contributed by atoms with Crippen molar-refractivity contribution < 1.29 is 4.79 Å². The molecule has 0 aromatic carbocycles. The van der Waals surface area contributed by atoms with Crippen LogP contribution in [0.3, 0.4) is 0 Å². The van der Waals surface area contributed by atoms with Crippen LogP contribution < -0.4 is 5.32 Å². The number of hydrogen-bond donors (Lipinski definition) is 1. The molecule has 0 saturated carbocycles. The highest BCUT2D eigenvalue weighted by Crippen LogP contribution is 2.13. The minimum absolute atomic E-state index is 0.164. The molecule has 2 aromatic rings. The molecule has 6 nitrogen and oxygen atoms in total. The Labute approximate surface area is 113 Å². The van der Waals surface area contributed by atoms with Crippen LogP contribution in [0.5, 0.6) is 0 Å². The van der Waals surface area contributed by atoms with Crippen molar-refractivity contribution in [2.24, 2.45) is 7.05 Å². The highest BCUT2D eigenvalue weighted by molar-refractivity contribution is 9.10. The van der Waals surface area contributed by atoms with Gasteiger partial charge in [0.25, 0.3) is 5.91 Å². The number of carbonyl (C=O) groups is 1. The Bertz CT molecular complexity index is 520. The van der Waals surface area contributed by atoms with Gasteiger partial charge in [0.05, 0.1) is 4.47 Å². The van der Waals surface area contributed by atoms with E-state index in [1.54, 1.807) is 24.1 Å². The second kappa shape index (κ2) is 5.81. The molecule has 0 bridgehead atoms. The monoisotopic (exact) mass is 311 g/mol. The van der Waals surface area contributed by atoms with Crippen molar-refractivity contribution >= 4 is 21.8 Å². The molecule has 0 aliphatic carbocycles. The average Bonchev–Trinajstić information content (AvgIpc) is 2.94. The molecule has 0 radical (unpaired) electrons. The highest BCUT2D eigenvalue weighted by atomic mass is 79.9. The number of hydrogen-bond acceptors (Lipinski definition) is 3. The van der Waals surface area contributed by atoms with E-state index in [1.807, 2.05) is 16.9 Å². The zero-order valence-corrected chi connectivity index (χ0v) is 11.6. The number of aryl methyl sites for hydroxylation is 2. The number of halogens is 1. The Kier molecular flexibility index (Phi) is 4.14. The highest BCUT2D eigenvalue weighted by Gasteiger charge is 2.13. The van der Waals surface area contributed by atoms with Gasteiger partial charge in [0.1, 0.15) is 0 Å². The number of carbonyl (C=O) groups excluding carboxylic acids is 1. The summed E-state index contributed by atoms with van der Waals surface area (Å²) < 4.78 is 4.14. The number of nitrogens with one attached hydrogen (secondary N) is 1. The second-order valence-corrected chi connectivity index (χ2v) is 4.73. The van der Waals surface area contributed by atoms with Crippen LogP contribution in [-0.4, -0.2) is 32.0 Å². The van der Waals surface area contributed by atoms with Gasteiger partial charge in [-0.15, -0.1) is 0 Å². The average molecular weight is 312 g/mol. The minimum Gasteiger partial charge on any atom is -0.351 e. The number of aromatic nitrogens is 4. The fraction of sp³-hybridized carbons (Fsp3) is 0.364. The zero-order chi connectivity index (χ0) is 13.0. The first-order chi connectivity index (χ1) is 8.66. The fourth-order valence-electron chi connectivity index (χ4n) is 1.57. The fourth-order valence-corrected chi connectivity index (χ4v) is 2.13. The summed E-state index contributed by atoms with van der Waals surface area (Å²) in [5.74, 6) is -0.164. The van der Waals surface area contributed by atoms with E-state index in [2.05, 4.69) is 31.4 Å². The predicted molar refractivity (Wildman–Crippen MR) is 70.1 cm³/mol. The smallest absolute Gasteiger partial charge is 0.272 e. The summed E-state index contributed by atoms with van der Waals surface area (Å²) in [7, 11) is 1.78. The second-order valence-electron chi connectivity index (χ2n) is 3.88. The Balaban J connectivity index is 1.77. The summed E-state index contributed by atoms with van der Waals surface area (Å²) in [4.78, 5) is 11.8. The van der Waals surface area contributed by atoms with Gasteiger partial charge in [0, 0.05) is 38.7 Å². The largest absolute Gasteiger partial charge is 0.351 e. The Morgan fingerprint density at radius 1 is 1.56 bits per heavy atom. The van der Waals surface area contributed by atoms with Gasteiger partial charge >= 0.3 is 0 Å². The molecule has 2 heterocycles. The van der Waals surface area contributed by atoms with Gasteiger partial charge in [-0.1, -0.05) is 0 Å². The molecule has 0 aliphatic heterocycles. The van der Waals surface area contributed by atoms with Crippen molar-refractivity contribution in [2.45, 2.75) is 13.0 Å². The first kappa shape index (κ1) is 12.8. The van der Waals surface area contributed by atoms with Gasteiger partial charge in [-0.2, -0.15) is 10.2 Å². The zero-order valence-electron chi connectivity index (χ0n) is 10.0. The molecular formula is C11H14BrN5O. The van der Waals surface area contributed by atoms with E-state index in [4.69, 9.17) is 0 Å². The molecule has 0 unspecified atom stereocenters. The van der Waals surface area contributed by atoms with Gasteiger partial charge in [-0.05, 0) is 28.4 Å². The maximum Gasteiger partial charge on any atom is 0.272 e. The van der Waals surface area contributed by atoms with Crippen molar-refractivity contribution in [2.75, 3.05) is 6.54 Å². The lowest BCUT2D eigenvalue weighted by atomic mass is 10.3. The van der Waals surface area contributed by atoms with Gasteiger partial charge in [0.15, 0.2) is 5.69 Å². The molecule has 1 amide bonds. The van der Waals surface area contributed by atoms with Crippen LogP contribution in [-0.2, 0) is 13.6 Å². The van der Waals surface area contributed by atoms with Crippen LogP contribution in [0, 0.1) is 0 Å². The van der Waals surface area contributed by atoms with Gasteiger partial charge < -0.3 is 5.32 Å². The normalized spacial score (nSPS) is 10.6. The molecule has 1 N–H and O–H groups in total. The summed E-state index contributed by atoms with van der Waals surface area (Å²) in [6, 6.07) is 1.88. The van der Waals surface area contributed by atoms with Crippen LogP contribution in [0.25, 0.3) is 0 Å². The standard InChI is InChI=1S/C11H14BrN5O/c1-16-8-9(12)10(15-16)11(18)13-4-2-6-17-7-3-5-14-17/h3,5,7-8H,2,4,6H2,1H3,(H,13,18). The summed E-state index contributed by atoms with van der Waals surface area (Å²) in [5, 5.41) is 11.0. The van der Waals surface area contributed by atoms with E-state index in [-0.39, 0.29) is 5.91 Å². The lowest BCUT2D eigenvalue weighted by molar-refractivity contribution is 0.0946. The van der Waals surface area contributed by atoms with Gasteiger partial charge in [0.2, 0.25) is 0 Å². The molecular weight excluding hydrogens is 298 g/mol. The molecule has 7 heteroatoms. The molecule has 0 fully saturated rings. The number of nitrogens with zero attached hydrogens (tertiary/aromatic N) is 4. The third kappa shape index (κ3) is 3.19. The van der Waals surface area contributed by atoms with E-state index in [0.717, 1.165) is 13.0 Å². The summed E-state index contributed by atoms with van der Waals surface area (Å²) >= 11 is 3.30. The lowest BCUT2D eigenvalue weighted by Gasteiger charge is -2.04. The van der Waals surface area contributed by atoms with E-state index in [9.17, 15) is 4.79 Å². The molecule has 2 aromatic heterocycles. The van der Waals surface area contributed by atoms with Crippen LogP contribution >= 0.6 is 15.9 Å². The van der Waals surface area contributed by atoms with E-state index in [0.29, 0.717) is 16.7 Å². The first-order valence-corrected chi connectivity index (χ1v) is 6.41. The van der Waals surface area contributed by atoms with E-state index < -0.39 is 0 Å². The SMILES string of the molecule is Cn1cc(Br)c(C(=O)NCCCn2cccn2)n1. The number of amides is 1. The topological polar surface area (TPSA) is 64.7 Å².